The quantitative estimate of drug-likeness (QED) is 0.346. The molecule has 0 bridgehead atoms. The van der Waals surface area contributed by atoms with Crippen molar-refractivity contribution in [2.45, 2.75) is 65.7 Å². The van der Waals surface area contributed by atoms with Crippen molar-refractivity contribution in [2.24, 2.45) is 5.92 Å². The van der Waals surface area contributed by atoms with E-state index in [1.54, 1.807) is 0 Å². The zero-order valence-corrected chi connectivity index (χ0v) is 10.9. The Kier molecular flexibility index (Phi) is 9.67. The van der Waals surface area contributed by atoms with Gasteiger partial charge in [-0.2, -0.15) is 0 Å². The molecule has 0 aliphatic rings. The molecule has 0 heterocycles. The molecule has 0 aromatic carbocycles. The van der Waals surface area contributed by atoms with Crippen molar-refractivity contribution in [1.82, 2.24) is 0 Å². The van der Waals surface area contributed by atoms with Gasteiger partial charge in [-0.1, -0.05) is 63.8 Å². The number of rotatable bonds is 9. The Morgan fingerprint density at radius 2 is 1.93 bits per heavy atom. The van der Waals surface area contributed by atoms with Crippen LogP contribution < -0.4 is 0 Å². The summed E-state index contributed by atoms with van der Waals surface area (Å²) in [5.41, 5.74) is 1.25. The zero-order valence-electron chi connectivity index (χ0n) is 10.9. The van der Waals surface area contributed by atoms with Crippen LogP contribution in [0.3, 0.4) is 0 Å². The monoisotopic (exact) mass is 208 g/mol. The van der Waals surface area contributed by atoms with Crippen molar-refractivity contribution in [3.05, 3.63) is 24.3 Å². The lowest BCUT2D eigenvalue weighted by molar-refractivity contribution is 0.479. The molecule has 0 N–H and O–H groups in total. The molecule has 0 fully saturated rings. The van der Waals surface area contributed by atoms with Gasteiger partial charge in [0.1, 0.15) is 0 Å². The zero-order chi connectivity index (χ0) is 11.5. The lowest BCUT2D eigenvalue weighted by Crippen LogP contribution is -1.91. The summed E-state index contributed by atoms with van der Waals surface area (Å²) in [6.07, 6.45) is 13.7. The molecule has 0 aliphatic heterocycles. The second-order valence-corrected chi connectivity index (χ2v) is 4.78. The molecule has 0 spiro atoms. The second kappa shape index (κ2) is 10.0. The van der Waals surface area contributed by atoms with Gasteiger partial charge in [-0.25, -0.2) is 0 Å². The fourth-order valence-corrected chi connectivity index (χ4v) is 1.54. The molecule has 0 rings (SSSR count). The summed E-state index contributed by atoms with van der Waals surface area (Å²) in [5.74, 6) is 0.920. The van der Waals surface area contributed by atoms with Gasteiger partial charge in [-0.15, -0.1) is 0 Å². The van der Waals surface area contributed by atoms with Gasteiger partial charge in [0.25, 0.3) is 0 Å². The topological polar surface area (TPSA) is 0 Å². The molecule has 1 unspecified atom stereocenters. The first-order valence-electron chi connectivity index (χ1n) is 6.46. The van der Waals surface area contributed by atoms with Crippen molar-refractivity contribution in [1.29, 1.82) is 0 Å². The van der Waals surface area contributed by atoms with E-state index in [1.807, 2.05) is 0 Å². The summed E-state index contributed by atoms with van der Waals surface area (Å²) in [5, 5.41) is 0. The highest BCUT2D eigenvalue weighted by Crippen LogP contribution is 2.13. The van der Waals surface area contributed by atoms with E-state index in [-0.39, 0.29) is 0 Å². The Hall–Kier alpha value is -0.520. The molecule has 15 heavy (non-hydrogen) atoms. The summed E-state index contributed by atoms with van der Waals surface area (Å²) in [6.45, 7) is 10.6. The largest absolute Gasteiger partial charge is 0.0998 e. The van der Waals surface area contributed by atoms with Crippen molar-refractivity contribution in [2.75, 3.05) is 0 Å². The van der Waals surface area contributed by atoms with E-state index in [9.17, 15) is 0 Å². The van der Waals surface area contributed by atoms with Gasteiger partial charge < -0.3 is 0 Å². The predicted molar refractivity (Wildman–Crippen MR) is 71.1 cm³/mol. The van der Waals surface area contributed by atoms with Crippen LogP contribution in [0.5, 0.6) is 0 Å². The fourth-order valence-electron chi connectivity index (χ4n) is 1.54. The predicted octanol–water partition coefficient (Wildman–Crippen LogP) is 5.51. The van der Waals surface area contributed by atoms with Crippen molar-refractivity contribution >= 4 is 0 Å². The summed E-state index contributed by atoms with van der Waals surface area (Å²) in [4.78, 5) is 0. The van der Waals surface area contributed by atoms with E-state index >= 15 is 0 Å². The second-order valence-electron chi connectivity index (χ2n) is 4.78. The van der Waals surface area contributed by atoms with Gasteiger partial charge in [0.2, 0.25) is 0 Å². The smallest absolute Gasteiger partial charge is 0.0144 e. The molecule has 0 saturated carbocycles. The summed E-state index contributed by atoms with van der Waals surface area (Å²) in [6, 6.07) is 0. The molecule has 0 aliphatic carbocycles. The maximum Gasteiger partial charge on any atom is -0.0144 e. The first-order chi connectivity index (χ1) is 7.16. The van der Waals surface area contributed by atoms with Crippen LogP contribution in [0.4, 0.5) is 0 Å². The van der Waals surface area contributed by atoms with Gasteiger partial charge in [0.15, 0.2) is 0 Å². The first-order valence-corrected chi connectivity index (χ1v) is 6.46. The Morgan fingerprint density at radius 1 is 1.20 bits per heavy atom. The highest BCUT2D eigenvalue weighted by atomic mass is 14.0. The Bertz CT molecular complexity index is 176. The van der Waals surface area contributed by atoms with Crippen LogP contribution in [0.2, 0.25) is 0 Å². The molecule has 0 heteroatoms. The molecule has 0 saturated heterocycles. The molecule has 0 aromatic heterocycles. The SMILES string of the molecule is C=C(C)C/C=C\CCCCCC(C)CC. The van der Waals surface area contributed by atoms with Gasteiger partial charge in [-0.05, 0) is 32.1 Å². The Balaban J connectivity index is 3.18. The lowest BCUT2D eigenvalue weighted by Gasteiger charge is -2.06. The van der Waals surface area contributed by atoms with Crippen LogP contribution in [-0.4, -0.2) is 0 Å². The molecular formula is C15H28. The van der Waals surface area contributed by atoms with Crippen molar-refractivity contribution in [3.8, 4) is 0 Å². The van der Waals surface area contributed by atoms with Crippen LogP contribution in [0.15, 0.2) is 24.3 Å². The third-order valence-corrected chi connectivity index (χ3v) is 2.90. The standard InChI is InChI=1S/C15H28/c1-5-15(4)13-11-9-7-6-8-10-12-14(2)3/h8,10,15H,2,5-7,9,11-13H2,1,3-4H3/b10-8-. The average Bonchev–Trinajstić information content (AvgIpc) is 2.21. The van der Waals surface area contributed by atoms with Crippen LogP contribution in [0, 0.1) is 5.92 Å². The van der Waals surface area contributed by atoms with E-state index in [4.69, 9.17) is 0 Å². The summed E-state index contributed by atoms with van der Waals surface area (Å²) >= 11 is 0. The number of unbranched alkanes of at least 4 members (excludes halogenated alkanes) is 3. The van der Waals surface area contributed by atoms with Gasteiger partial charge in [0.05, 0.1) is 0 Å². The maximum absolute atomic E-state index is 3.88. The number of hydrogen-bond donors (Lipinski definition) is 0. The molecule has 1 atom stereocenters. The normalized spacial score (nSPS) is 13.3. The molecular weight excluding hydrogens is 180 g/mol. The van der Waals surface area contributed by atoms with E-state index in [0.29, 0.717) is 0 Å². The minimum atomic E-state index is 0.920. The molecule has 0 radical (unpaired) electrons. The van der Waals surface area contributed by atoms with Crippen LogP contribution >= 0.6 is 0 Å². The third kappa shape index (κ3) is 11.4. The molecule has 0 amide bonds. The highest BCUT2D eigenvalue weighted by Gasteiger charge is 1.97. The molecule has 0 aromatic rings. The Morgan fingerprint density at radius 3 is 2.53 bits per heavy atom. The maximum atomic E-state index is 3.88. The van der Waals surface area contributed by atoms with E-state index in [2.05, 4.69) is 39.5 Å². The van der Waals surface area contributed by atoms with Crippen LogP contribution in [0.1, 0.15) is 65.7 Å². The highest BCUT2D eigenvalue weighted by molar-refractivity contribution is 4.98. The summed E-state index contributed by atoms with van der Waals surface area (Å²) in [7, 11) is 0. The van der Waals surface area contributed by atoms with Crippen molar-refractivity contribution < 1.29 is 0 Å². The average molecular weight is 208 g/mol. The number of allylic oxidation sites excluding steroid dienone is 3. The van der Waals surface area contributed by atoms with Gasteiger partial charge in [0, 0.05) is 0 Å². The van der Waals surface area contributed by atoms with E-state index < -0.39 is 0 Å². The number of hydrogen-bond acceptors (Lipinski definition) is 0. The van der Waals surface area contributed by atoms with E-state index in [0.717, 1.165) is 12.3 Å². The minimum absolute atomic E-state index is 0.920. The summed E-state index contributed by atoms with van der Waals surface area (Å²) < 4.78 is 0. The van der Waals surface area contributed by atoms with Crippen LogP contribution in [0.25, 0.3) is 0 Å². The Labute approximate surface area is 96.5 Å². The molecule has 88 valence electrons. The minimum Gasteiger partial charge on any atom is -0.0998 e. The van der Waals surface area contributed by atoms with Gasteiger partial charge >= 0.3 is 0 Å². The van der Waals surface area contributed by atoms with Gasteiger partial charge in [-0.3, -0.25) is 0 Å². The first kappa shape index (κ1) is 14.5. The third-order valence-electron chi connectivity index (χ3n) is 2.90. The van der Waals surface area contributed by atoms with E-state index in [1.165, 1.54) is 44.1 Å². The van der Waals surface area contributed by atoms with Crippen molar-refractivity contribution in [3.63, 3.8) is 0 Å². The fraction of sp³-hybridized carbons (Fsp3) is 0.733. The van der Waals surface area contributed by atoms with Crippen LogP contribution in [-0.2, 0) is 0 Å². The molecule has 0 nitrogen and oxygen atoms in total. The lowest BCUT2D eigenvalue weighted by atomic mass is 10.0.